The maximum Gasteiger partial charge on any atom is 0.147 e. The van der Waals surface area contributed by atoms with Gasteiger partial charge in [-0.3, -0.25) is 0 Å². The molecule has 0 heterocycles. The van der Waals surface area contributed by atoms with Crippen molar-refractivity contribution in [2.24, 2.45) is 5.92 Å². The second-order valence-electron chi connectivity index (χ2n) is 5.24. The topological polar surface area (TPSA) is 12.0 Å². The Morgan fingerprint density at radius 3 is 2.35 bits per heavy atom. The number of para-hydroxylation sites is 1. The largest absolute Gasteiger partial charge is 0.381 e. The normalized spacial score (nSPS) is 12.4. The van der Waals surface area contributed by atoms with Gasteiger partial charge in [-0.05, 0) is 23.6 Å². The summed E-state index contributed by atoms with van der Waals surface area (Å²) in [6.45, 7) is 4.99. The molecule has 0 fully saturated rings. The Hall–Kier alpha value is -1.54. The summed E-state index contributed by atoms with van der Waals surface area (Å²) in [7, 11) is 0. The minimum absolute atomic E-state index is 0.312. The Bertz CT molecular complexity index is 534. The van der Waals surface area contributed by atoms with Gasteiger partial charge in [0.15, 0.2) is 0 Å². The zero-order chi connectivity index (χ0) is 14.5. The van der Waals surface area contributed by atoms with E-state index < -0.39 is 0 Å². The molecule has 2 aromatic rings. The molecule has 0 saturated heterocycles. The summed E-state index contributed by atoms with van der Waals surface area (Å²) in [6, 6.07) is 15.0. The predicted molar refractivity (Wildman–Crippen MR) is 83.9 cm³/mol. The third-order valence-corrected chi connectivity index (χ3v) is 3.81. The fourth-order valence-corrected chi connectivity index (χ4v) is 2.55. The van der Waals surface area contributed by atoms with E-state index in [0.29, 0.717) is 29.1 Å². The number of rotatable bonds is 5. The van der Waals surface area contributed by atoms with E-state index in [1.807, 2.05) is 18.2 Å². The van der Waals surface area contributed by atoms with Crippen molar-refractivity contribution in [3.8, 4) is 0 Å². The van der Waals surface area contributed by atoms with Gasteiger partial charge in [0.05, 0.1) is 10.7 Å². The maximum atomic E-state index is 13.8. The maximum absolute atomic E-state index is 13.8. The molecule has 2 aromatic carbocycles. The molecule has 1 N–H and O–H groups in total. The van der Waals surface area contributed by atoms with Crippen molar-refractivity contribution >= 4 is 17.3 Å². The SMILES string of the molecule is CC(C)C(CNc1c(F)cccc1Cl)c1ccccc1. The summed E-state index contributed by atoms with van der Waals surface area (Å²) < 4.78 is 13.8. The molecule has 0 spiro atoms. The van der Waals surface area contributed by atoms with E-state index in [4.69, 9.17) is 11.6 Å². The first-order valence-corrected chi connectivity index (χ1v) is 7.20. The zero-order valence-electron chi connectivity index (χ0n) is 11.7. The molecule has 20 heavy (non-hydrogen) atoms. The number of anilines is 1. The quantitative estimate of drug-likeness (QED) is 0.785. The first-order chi connectivity index (χ1) is 9.59. The second kappa shape index (κ2) is 6.76. The average Bonchev–Trinajstić information content (AvgIpc) is 2.43. The molecule has 0 aliphatic heterocycles. The van der Waals surface area contributed by atoms with Crippen LogP contribution in [0.25, 0.3) is 0 Å². The zero-order valence-corrected chi connectivity index (χ0v) is 12.5. The van der Waals surface area contributed by atoms with Gasteiger partial charge in [0.1, 0.15) is 5.82 Å². The lowest BCUT2D eigenvalue weighted by Crippen LogP contribution is -2.18. The summed E-state index contributed by atoms with van der Waals surface area (Å²) in [5, 5.41) is 3.57. The Kier molecular flexibility index (Phi) is 5.02. The van der Waals surface area contributed by atoms with E-state index in [1.165, 1.54) is 11.6 Å². The number of benzene rings is 2. The van der Waals surface area contributed by atoms with Crippen LogP contribution in [0.2, 0.25) is 5.02 Å². The lowest BCUT2D eigenvalue weighted by Gasteiger charge is -2.23. The lowest BCUT2D eigenvalue weighted by molar-refractivity contribution is 0.515. The van der Waals surface area contributed by atoms with Gasteiger partial charge in [0.25, 0.3) is 0 Å². The van der Waals surface area contributed by atoms with E-state index in [-0.39, 0.29) is 5.82 Å². The molecule has 1 atom stereocenters. The Morgan fingerprint density at radius 2 is 1.75 bits per heavy atom. The molecule has 0 amide bonds. The lowest BCUT2D eigenvalue weighted by atomic mass is 9.88. The highest BCUT2D eigenvalue weighted by molar-refractivity contribution is 6.33. The van der Waals surface area contributed by atoms with Crippen LogP contribution in [0.3, 0.4) is 0 Å². The van der Waals surface area contributed by atoms with Crippen LogP contribution >= 0.6 is 11.6 Å². The first-order valence-electron chi connectivity index (χ1n) is 6.82. The molecular formula is C17H19ClFN. The monoisotopic (exact) mass is 291 g/mol. The standard InChI is InChI=1S/C17H19ClFN/c1-12(2)14(13-7-4-3-5-8-13)11-20-17-15(18)9-6-10-16(17)19/h3-10,12,14,20H,11H2,1-2H3. The van der Waals surface area contributed by atoms with Crippen LogP contribution in [0, 0.1) is 11.7 Å². The fraction of sp³-hybridized carbons (Fsp3) is 0.294. The van der Waals surface area contributed by atoms with Gasteiger partial charge >= 0.3 is 0 Å². The van der Waals surface area contributed by atoms with Gasteiger partial charge < -0.3 is 5.32 Å². The smallest absolute Gasteiger partial charge is 0.147 e. The predicted octanol–water partition coefficient (Wildman–Crippen LogP) is 5.33. The summed E-state index contributed by atoms with van der Waals surface area (Å²) in [5.74, 6) is 0.454. The molecule has 0 aliphatic rings. The van der Waals surface area contributed by atoms with Gasteiger partial charge in [-0.25, -0.2) is 4.39 Å². The molecule has 1 unspecified atom stereocenters. The van der Waals surface area contributed by atoms with Crippen molar-refractivity contribution in [2.45, 2.75) is 19.8 Å². The molecule has 106 valence electrons. The number of halogens is 2. The summed E-state index contributed by atoms with van der Waals surface area (Å²) in [4.78, 5) is 0. The number of nitrogens with one attached hydrogen (secondary N) is 1. The van der Waals surface area contributed by atoms with Crippen LogP contribution in [0.1, 0.15) is 25.3 Å². The molecule has 0 aliphatic carbocycles. The van der Waals surface area contributed by atoms with Crippen LogP contribution in [0.4, 0.5) is 10.1 Å². The third-order valence-electron chi connectivity index (χ3n) is 3.49. The van der Waals surface area contributed by atoms with E-state index in [2.05, 4.69) is 31.3 Å². The Morgan fingerprint density at radius 1 is 1.05 bits per heavy atom. The van der Waals surface area contributed by atoms with Crippen molar-refractivity contribution in [1.29, 1.82) is 0 Å². The van der Waals surface area contributed by atoms with Gasteiger partial charge in [0, 0.05) is 12.5 Å². The molecular weight excluding hydrogens is 273 g/mol. The van der Waals surface area contributed by atoms with E-state index in [1.54, 1.807) is 12.1 Å². The minimum atomic E-state index is -0.312. The Balaban J connectivity index is 2.15. The summed E-state index contributed by atoms with van der Waals surface area (Å²) >= 11 is 6.04. The van der Waals surface area contributed by atoms with Gasteiger partial charge in [-0.1, -0.05) is 61.8 Å². The molecule has 0 radical (unpaired) electrons. The van der Waals surface area contributed by atoms with Crippen LogP contribution in [-0.2, 0) is 0 Å². The molecule has 0 bridgehead atoms. The molecule has 2 rings (SSSR count). The van der Waals surface area contributed by atoms with Crippen LogP contribution in [-0.4, -0.2) is 6.54 Å². The van der Waals surface area contributed by atoms with Crippen molar-refractivity contribution in [1.82, 2.24) is 0 Å². The Labute approximate surface area is 124 Å². The van der Waals surface area contributed by atoms with Gasteiger partial charge in [-0.15, -0.1) is 0 Å². The average molecular weight is 292 g/mol. The third kappa shape index (κ3) is 3.51. The number of hydrogen-bond donors (Lipinski definition) is 1. The van der Waals surface area contributed by atoms with Crippen LogP contribution in [0.5, 0.6) is 0 Å². The molecule has 1 nitrogen and oxygen atoms in total. The number of hydrogen-bond acceptors (Lipinski definition) is 1. The van der Waals surface area contributed by atoms with E-state index in [0.717, 1.165) is 0 Å². The van der Waals surface area contributed by atoms with Crippen LogP contribution in [0.15, 0.2) is 48.5 Å². The summed E-state index contributed by atoms with van der Waals surface area (Å²) in [5.41, 5.74) is 1.64. The van der Waals surface area contributed by atoms with Gasteiger partial charge in [-0.2, -0.15) is 0 Å². The fourth-order valence-electron chi connectivity index (χ4n) is 2.32. The van der Waals surface area contributed by atoms with E-state index >= 15 is 0 Å². The first kappa shape index (κ1) is 14.9. The second-order valence-corrected chi connectivity index (χ2v) is 5.65. The van der Waals surface area contributed by atoms with Gasteiger partial charge in [0.2, 0.25) is 0 Å². The van der Waals surface area contributed by atoms with Crippen molar-refractivity contribution in [3.63, 3.8) is 0 Å². The summed E-state index contributed by atoms with van der Waals surface area (Å²) in [6.07, 6.45) is 0. The molecule has 0 aromatic heterocycles. The van der Waals surface area contributed by atoms with Crippen molar-refractivity contribution < 1.29 is 4.39 Å². The molecule has 3 heteroatoms. The minimum Gasteiger partial charge on any atom is -0.381 e. The highest BCUT2D eigenvalue weighted by Crippen LogP contribution is 2.28. The van der Waals surface area contributed by atoms with E-state index in [9.17, 15) is 4.39 Å². The van der Waals surface area contributed by atoms with Crippen LogP contribution < -0.4 is 5.32 Å². The highest BCUT2D eigenvalue weighted by Gasteiger charge is 2.16. The van der Waals surface area contributed by atoms with Crippen molar-refractivity contribution in [3.05, 3.63) is 64.9 Å². The van der Waals surface area contributed by atoms with Crippen molar-refractivity contribution in [2.75, 3.05) is 11.9 Å². The molecule has 0 saturated carbocycles. The highest BCUT2D eigenvalue weighted by atomic mass is 35.5.